The smallest absolute Gasteiger partial charge is 0.0554 e. The number of benzene rings is 6. The third-order valence-corrected chi connectivity index (χ3v) is 15.2. The summed E-state index contributed by atoms with van der Waals surface area (Å²) in [7, 11) is 0. The zero-order valence-corrected chi connectivity index (χ0v) is 29.4. The molecule has 4 bridgehead atoms. The molecular weight excluding hydrogens is 623 g/mol. The molecule has 7 aromatic rings. The molecule has 1 spiro atoms. The number of hydrogen-bond donors (Lipinski definition) is 0. The van der Waals surface area contributed by atoms with Crippen molar-refractivity contribution in [3.05, 3.63) is 150 Å². The van der Waals surface area contributed by atoms with E-state index in [0.717, 1.165) is 23.7 Å². The third kappa shape index (κ3) is 3.30. The lowest BCUT2D eigenvalue weighted by molar-refractivity contribution is 0.191. The van der Waals surface area contributed by atoms with Crippen LogP contribution in [0.2, 0.25) is 0 Å². The molecule has 0 radical (unpaired) electrons. The van der Waals surface area contributed by atoms with E-state index in [9.17, 15) is 0 Å². The summed E-state index contributed by atoms with van der Waals surface area (Å²) in [5, 5.41) is 2.70. The molecule has 5 unspecified atom stereocenters. The van der Waals surface area contributed by atoms with Gasteiger partial charge in [0.05, 0.1) is 11.4 Å². The minimum Gasteiger partial charge on any atom is -0.309 e. The van der Waals surface area contributed by atoms with Crippen LogP contribution in [0.25, 0.3) is 42.4 Å². The van der Waals surface area contributed by atoms with Crippen molar-refractivity contribution in [3.8, 4) is 22.3 Å². The van der Waals surface area contributed by atoms with Gasteiger partial charge in [-0.05, 0) is 130 Å². The van der Waals surface area contributed by atoms with Crippen LogP contribution in [0.3, 0.4) is 0 Å². The molecule has 6 aliphatic rings. The number of rotatable bonds is 3. The highest BCUT2D eigenvalue weighted by molar-refractivity contribution is 7.26. The Morgan fingerprint density at radius 3 is 2.16 bits per heavy atom. The maximum Gasteiger partial charge on any atom is 0.0554 e. The highest BCUT2D eigenvalue weighted by atomic mass is 32.1. The van der Waals surface area contributed by atoms with Gasteiger partial charge in [0.2, 0.25) is 0 Å². The van der Waals surface area contributed by atoms with Crippen molar-refractivity contribution in [2.45, 2.75) is 50.4 Å². The maximum absolute atomic E-state index is 2.67. The molecule has 242 valence electrons. The standard InChI is InChI=1S/C48H39NS/c1-47(2)37-15-6-3-12-33(37)35-14-9-18-42(46(35)47)49(41-17-10-20-44-45(41)36-13-5-8-19-43(36)50-44)31-21-22-34-32-11-4-7-16-38(32)48(40(34)27-31)30-24-28-23-29(26-30)39(48)25-28/h3-22,27-30,39H,23-26H2,1-2H3. The van der Waals surface area contributed by atoms with Crippen molar-refractivity contribution >= 4 is 48.6 Å². The Bertz CT molecular complexity index is 2580. The van der Waals surface area contributed by atoms with Crippen LogP contribution in [-0.4, -0.2) is 0 Å². The Balaban J connectivity index is 1.16. The van der Waals surface area contributed by atoms with E-state index in [2.05, 4.69) is 146 Å². The predicted molar refractivity (Wildman–Crippen MR) is 210 cm³/mol. The molecule has 5 atom stereocenters. The van der Waals surface area contributed by atoms with Gasteiger partial charge in [0, 0.05) is 36.7 Å². The molecule has 0 amide bonds. The molecule has 2 heteroatoms. The topological polar surface area (TPSA) is 3.24 Å². The summed E-state index contributed by atoms with van der Waals surface area (Å²) < 4.78 is 2.70. The van der Waals surface area contributed by atoms with E-state index >= 15 is 0 Å². The summed E-state index contributed by atoms with van der Waals surface area (Å²) in [6.07, 6.45) is 5.66. The molecular formula is C48H39NS. The Labute approximate surface area is 298 Å². The van der Waals surface area contributed by atoms with Crippen molar-refractivity contribution in [1.82, 2.24) is 0 Å². The lowest BCUT2D eigenvalue weighted by atomic mass is 9.59. The summed E-state index contributed by atoms with van der Waals surface area (Å²) in [5.41, 5.74) is 15.6. The molecule has 0 aliphatic heterocycles. The Hall–Kier alpha value is -4.66. The zero-order chi connectivity index (χ0) is 32.9. The van der Waals surface area contributed by atoms with Crippen molar-refractivity contribution in [2.75, 3.05) is 4.90 Å². The van der Waals surface area contributed by atoms with Gasteiger partial charge in [-0.2, -0.15) is 0 Å². The summed E-state index contributed by atoms with van der Waals surface area (Å²) in [4.78, 5) is 2.66. The SMILES string of the molecule is CC1(C)c2ccccc2-c2cccc(N(c3ccc4c(c3)C3(c5ccccc5-4)C4CC5CC(C4)C3C5)c3cccc4sc5ccccc5c34)c21. The lowest BCUT2D eigenvalue weighted by Crippen LogP contribution is -2.40. The number of fused-ring (bicyclic) bond motifs is 9. The van der Waals surface area contributed by atoms with Gasteiger partial charge < -0.3 is 4.90 Å². The van der Waals surface area contributed by atoms with E-state index in [1.807, 2.05) is 11.3 Å². The van der Waals surface area contributed by atoms with Gasteiger partial charge in [-0.15, -0.1) is 11.3 Å². The minimum atomic E-state index is -0.136. The van der Waals surface area contributed by atoms with Crippen LogP contribution < -0.4 is 4.90 Å². The number of anilines is 3. The van der Waals surface area contributed by atoms with Gasteiger partial charge in [0.15, 0.2) is 0 Å². The van der Waals surface area contributed by atoms with Gasteiger partial charge in [-0.3, -0.25) is 0 Å². The number of thiophene rings is 1. The van der Waals surface area contributed by atoms with Crippen LogP contribution in [0.15, 0.2) is 127 Å². The van der Waals surface area contributed by atoms with Gasteiger partial charge in [-0.1, -0.05) is 105 Å². The Morgan fingerprint density at radius 2 is 1.28 bits per heavy atom. The zero-order valence-electron chi connectivity index (χ0n) is 28.6. The molecule has 6 aliphatic carbocycles. The number of nitrogens with zero attached hydrogens (tertiary/aromatic N) is 1. The monoisotopic (exact) mass is 661 g/mol. The van der Waals surface area contributed by atoms with Gasteiger partial charge >= 0.3 is 0 Å². The first-order chi connectivity index (χ1) is 24.5. The second-order valence-corrected chi connectivity index (χ2v) is 17.6. The van der Waals surface area contributed by atoms with Crippen LogP contribution >= 0.6 is 11.3 Å². The predicted octanol–water partition coefficient (Wildman–Crippen LogP) is 13.2. The van der Waals surface area contributed by atoms with Crippen molar-refractivity contribution in [1.29, 1.82) is 0 Å². The lowest BCUT2D eigenvalue weighted by Gasteiger charge is -2.44. The molecule has 13 rings (SSSR count). The van der Waals surface area contributed by atoms with Crippen LogP contribution in [0.4, 0.5) is 17.1 Å². The fourth-order valence-electron chi connectivity index (χ4n) is 12.5. The highest BCUT2D eigenvalue weighted by Crippen LogP contribution is 2.73. The molecule has 0 N–H and O–H groups in total. The summed E-state index contributed by atoms with van der Waals surface area (Å²) >= 11 is 1.91. The van der Waals surface area contributed by atoms with E-state index in [4.69, 9.17) is 0 Å². The third-order valence-electron chi connectivity index (χ3n) is 14.0. The fraction of sp³-hybridized carbons (Fsp3) is 0.250. The van der Waals surface area contributed by atoms with Crippen molar-refractivity contribution in [3.63, 3.8) is 0 Å². The van der Waals surface area contributed by atoms with E-state index in [1.54, 1.807) is 11.1 Å². The van der Waals surface area contributed by atoms with Crippen LogP contribution in [0, 0.1) is 23.7 Å². The second-order valence-electron chi connectivity index (χ2n) is 16.5. The van der Waals surface area contributed by atoms with Crippen molar-refractivity contribution < 1.29 is 0 Å². The molecule has 6 aromatic carbocycles. The molecule has 50 heavy (non-hydrogen) atoms. The fourth-order valence-corrected chi connectivity index (χ4v) is 13.6. The van der Waals surface area contributed by atoms with Crippen molar-refractivity contribution in [2.24, 2.45) is 23.7 Å². The highest BCUT2D eigenvalue weighted by Gasteiger charge is 2.66. The van der Waals surface area contributed by atoms with Gasteiger partial charge in [0.25, 0.3) is 0 Å². The molecule has 1 heterocycles. The molecule has 1 aromatic heterocycles. The van der Waals surface area contributed by atoms with E-state index in [0.29, 0.717) is 0 Å². The average molecular weight is 662 g/mol. The average Bonchev–Trinajstić information content (AvgIpc) is 3.88. The summed E-state index contributed by atoms with van der Waals surface area (Å²) in [5.74, 6) is 3.32. The summed E-state index contributed by atoms with van der Waals surface area (Å²) in [6.45, 7) is 4.86. The van der Waals surface area contributed by atoms with Crippen LogP contribution in [0.5, 0.6) is 0 Å². The molecule has 1 nitrogen and oxygen atoms in total. The molecule has 0 saturated heterocycles. The molecule has 4 fully saturated rings. The second kappa shape index (κ2) is 9.56. The summed E-state index contributed by atoms with van der Waals surface area (Å²) in [6, 6.07) is 49.2. The maximum atomic E-state index is 2.67. The number of hydrogen-bond acceptors (Lipinski definition) is 2. The first-order valence-corrected chi connectivity index (χ1v) is 19.5. The molecule has 4 saturated carbocycles. The van der Waals surface area contributed by atoms with Gasteiger partial charge in [-0.25, -0.2) is 0 Å². The quantitative estimate of drug-likeness (QED) is 0.182. The van der Waals surface area contributed by atoms with E-state index in [-0.39, 0.29) is 10.8 Å². The minimum absolute atomic E-state index is 0.136. The van der Waals surface area contributed by atoms with Crippen LogP contribution in [0.1, 0.15) is 61.8 Å². The van der Waals surface area contributed by atoms with Crippen LogP contribution in [-0.2, 0) is 10.8 Å². The van der Waals surface area contributed by atoms with Gasteiger partial charge in [0.1, 0.15) is 0 Å². The first kappa shape index (κ1) is 28.1. The van der Waals surface area contributed by atoms with E-state index < -0.39 is 0 Å². The Morgan fingerprint density at radius 1 is 0.580 bits per heavy atom. The largest absolute Gasteiger partial charge is 0.309 e. The first-order valence-electron chi connectivity index (χ1n) is 18.7. The van der Waals surface area contributed by atoms with E-state index in [1.165, 1.54) is 96.3 Å². The normalized spacial score (nSPS) is 25.7. The Kier molecular flexibility index (Phi) is 5.37.